The molecule has 1 N–H and O–H groups in total. The number of carbonyl (C=O) groups is 2. The fraction of sp³-hybridized carbons (Fsp3) is 0.0870. The lowest BCUT2D eigenvalue weighted by molar-refractivity contribution is -0.255. The third-order valence-corrected chi connectivity index (χ3v) is 4.40. The number of amides is 1. The first kappa shape index (κ1) is 19.6. The number of carbonyl (C=O) groups excluding carboxylic acids is 2. The van der Waals surface area contributed by atoms with Crippen molar-refractivity contribution in [3.8, 4) is 17.4 Å². The second kappa shape index (κ2) is 8.28. The number of carboxylic acid groups (broad SMARTS) is 1. The Kier molecular flexibility index (Phi) is 5.61. The second-order valence-electron chi connectivity index (χ2n) is 6.46. The fourth-order valence-electron chi connectivity index (χ4n) is 2.84. The van der Waals surface area contributed by atoms with Crippen molar-refractivity contribution < 1.29 is 19.1 Å². The van der Waals surface area contributed by atoms with Gasteiger partial charge >= 0.3 is 0 Å². The number of carboxylic acids is 1. The minimum atomic E-state index is -1.25. The van der Waals surface area contributed by atoms with Gasteiger partial charge in [-0.05, 0) is 54.8 Å². The maximum Gasteiger partial charge on any atom is 0.266 e. The predicted molar refractivity (Wildman–Crippen MR) is 107 cm³/mol. The summed E-state index contributed by atoms with van der Waals surface area (Å²) in [5, 5.41) is 23.1. The van der Waals surface area contributed by atoms with E-state index in [9.17, 15) is 20.0 Å². The molecular weight excluding hydrogens is 368 g/mol. The molecule has 1 heterocycles. The lowest BCUT2D eigenvalue weighted by Gasteiger charge is -2.07. The Morgan fingerprint density at radius 2 is 1.83 bits per heavy atom. The van der Waals surface area contributed by atoms with Crippen molar-refractivity contribution in [2.45, 2.75) is 13.8 Å². The summed E-state index contributed by atoms with van der Waals surface area (Å²) >= 11 is 0. The van der Waals surface area contributed by atoms with Gasteiger partial charge in [0.05, 0.1) is 5.97 Å². The average Bonchev–Trinajstić information content (AvgIpc) is 3.16. The number of benzene rings is 2. The minimum absolute atomic E-state index is 0.0811. The Hall–Kier alpha value is -4.11. The summed E-state index contributed by atoms with van der Waals surface area (Å²) in [4.78, 5) is 23.4. The zero-order chi connectivity index (χ0) is 21.0. The molecule has 144 valence electrons. The van der Waals surface area contributed by atoms with Crippen LogP contribution in [0.1, 0.15) is 27.2 Å². The van der Waals surface area contributed by atoms with Gasteiger partial charge in [0.1, 0.15) is 23.2 Å². The van der Waals surface area contributed by atoms with Crippen molar-refractivity contribution in [3.63, 3.8) is 0 Å². The van der Waals surface area contributed by atoms with Crippen LogP contribution in [0.15, 0.2) is 64.6 Å². The van der Waals surface area contributed by atoms with E-state index in [4.69, 9.17) is 4.42 Å². The van der Waals surface area contributed by atoms with Gasteiger partial charge in [0.15, 0.2) is 0 Å². The molecule has 0 radical (unpaired) electrons. The molecule has 2 aromatic carbocycles. The zero-order valence-corrected chi connectivity index (χ0v) is 15.9. The molecule has 6 nitrogen and oxygen atoms in total. The summed E-state index contributed by atoms with van der Waals surface area (Å²) in [7, 11) is 0. The molecular formula is C23H17N2O4-. The largest absolute Gasteiger partial charge is 0.545 e. The summed E-state index contributed by atoms with van der Waals surface area (Å²) in [6.07, 6.45) is 1.36. The number of hydrogen-bond donors (Lipinski definition) is 1. The van der Waals surface area contributed by atoms with Gasteiger partial charge in [-0.2, -0.15) is 5.26 Å². The van der Waals surface area contributed by atoms with E-state index in [2.05, 4.69) is 5.32 Å². The molecule has 0 saturated carbocycles. The molecule has 0 aliphatic rings. The number of hydrogen-bond acceptors (Lipinski definition) is 5. The summed E-state index contributed by atoms with van der Waals surface area (Å²) < 4.78 is 5.74. The third-order valence-electron chi connectivity index (χ3n) is 4.40. The lowest BCUT2D eigenvalue weighted by Crippen LogP contribution is -2.22. The van der Waals surface area contributed by atoms with Gasteiger partial charge < -0.3 is 19.6 Å². The quantitative estimate of drug-likeness (QED) is 0.535. The maximum absolute atomic E-state index is 12.4. The van der Waals surface area contributed by atoms with E-state index < -0.39 is 11.9 Å². The summed E-state index contributed by atoms with van der Waals surface area (Å²) in [5.74, 6) is -0.953. The molecule has 1 amide bonds. The van der Waals surface area contributed by atoms with Gasteiger partial charge in [-0.1, -0.05) is 30.3 Å². The average molecular weight is 385 g/mol. The van der Waals surface area contributed by atoms with Crippen LogP contribution in [0.4, 0.5) is 5.69 Å². The number of nitrogens with zero attached hydrogens (tertiary/aromatic N) is 1. The lowest BCUT2D eigenvalue weighted by atomic mass is 10.0. The number of aromatic carboxylic acids is 1. The van der Waals surface area contributed by atoms with E-state index >= 15 is 0 Å². The first-order valence-electron chi connectivity index (χ1n) is 8.80. The Labute approximate surface area is 167 Å². The SMILES string of the molecule is Cc1ccccc1NC(=O)/C(C#N)=C\c1ccc(-c2ccc(C(=O)[O-])cc2C)o1. The number of rotatable bonds is 5. The number of para-hydroxylation sites is 1. The van der Waals surface area contributed by atoms with Crippen LogP contribution in [0.5, 0.6) is 0 Å². The minimum Gasteiger partial charge on any atom is -0.545 e. The smallest absolute Gasteiger partial charge is 0.266 e. The van der Waals surface area contributed by atoms with Crippen molar-refractivity contribution in [2.75, 3.05) is 5.32 Å². The van der Waals surface area contributed by atoms with E-state index in [1.807, 2.05) is 25.1 Å². The molecule has 0 saturated heterocycles. The van der Waals surface area contributed by atoms with Gasteiger partial charge in [0.25, 0.3) is 5.91 Å². The van der Waals surface area contributed by atoms with Gasteiger partial charge in [-0.15, -0.1) is 0 Å². The third kappa shape index (κ3) is 4.42. The zero-order valence-electron chi connectivity index (χ0n) is 15.9. The van der Waals surface area contributed by atoms with Gasteiger partial charge in [0, 0.05) is 17.3 Å². The first-order valence-corrected chi connectivity index (χ1v) is 8.80. The Bertz CT molecular complexity index is 1170. The molecule has 1 aromatic heterocycles. The van der Waals surface area contributed by atoms with Gasteiger partial charge in [0.2, 0.25) is 0 Å². The normalized spacial score (nSPS) is 11.0. The molecule has 0 spiro atoms. The molecule has 0 unspecified atom stereocenters. The number of furan rings is 1. The van der Waals surface area contributed by atoms with Crippen LogP contribution in [0, 0.1) is 25.2 Å². The van der Waals surface area contributed by atoms with Crippen LogP contribution in [-0.2, 0) is 4.79 Å². The highest BCUT2D eigenvalue weighted by molar-refractivity contribution is 6.09. The monoisotopic (exact) mass is 385 g/mol. The van der Waals surface area contributed by atoms with E-state index in [1.54, 1.807) is 37.3 Å². The Morgan fingerprint density at radius 3 is 2.48 bits per heavy atom. The first-order chi connectivity index (χ1) is 13.9. The van der Waals surface area contributed by atoms with Crippen LogP contribution >= 0.6 is 0 Å². The number of nitrogens with one attached hydrogen (secondary N) is 1. The van der Waals surface area contributed by atoms with E-state index in [0.29, 0.717) is 28.3 Å². The number of aryl methyl sites for hydroxylation is 2. The Morgan fingerprint density at radius 1 is 1.07 bits per heavy atom. The summed E-state index contributed by atoms with van der Waals surface area (Å²) in [5.41, 5.74) is 2.90. The highest BCUT2D eigenvalue weighted by Crippen LogP contribution is 2.27. The standard InChI is InChI=1S/C23H18N2O4/c1-14-5-3-4-6-20(14)25-22(26)17(13-24)12-18-8-10-21(29-18)19-9-7-16(23(27)28)11-15(19)2/h3-12H,1-2H3,(H,25,26)(H,27,28)/p-1/b17-12-. The molecule has 3 aromatic rings. The van der Waals surface area contributed by atoms with Crippen LogP contribution in [0.2, 0.25) is 0 Å². The van der Waals surface area contributed by atoms with Crippen LogP contribution < -0.4 is 10.4 Å². The topological polar surface area (TPSA) is 106 Å². The fourth-order valence-corrected chi connectivity index (χ4v) is 2.84. The molecule has 0 atom stereocenters. The van der Waals surface area contributed by atoms with Crippen LogP contribution in [0.3, 0.4) is 0 Å². The summed E-state index contributed by atoms with van der Waals surface area (Å²) in [6.45, 7) is 3.62. The molecule has 0 aliphatic carbocycles. The van der Waals surface area contributed by atoms with Crippen LogP contribution in [-0.4, -0.2) is 11.9 Å². The van der Waals surface area contributed by atoms with Gasteiger partial charge in [-0.25, -0.2) is 0 Å². The van der Waals surface area contributed by atoms with Gasteiger partial charge in [-0.3, -0.25) is 4.79 Å². The summed E-state index contributed by atoms with van der Waals surface area (Å²) in [6, 6.07) is 17.1. The molecule has 3 rings (SSSR count). The molecule has 0 aliphatic heterocycles. The molecule has 0 fully saturated rings. The predicted octanol–water partition coefficient (Wildman–Crippen LogP) is 3.47. The Balaban J connectivity index is 1.84. The van der Waals surface area contributed by atoms with Crippen molar-refractivity contribution in [2.24, 2.45) is 0 Å². The van der Waals surface area contributed by atoms with E-state index in [-0.39, 0.29) is 11.1 Å². The van der Waals surface area contributed by atoms with Crippen LogP contribution in [0.25, 0.3) is 17.4 Å². The van der Waals surface area contributed by atoms with E-state index in [0.717, 1.165) is 5.56 Å². The van der Waals surface area contributed by atoms with Crippen molar-refractivity contribution >= 4 is 23.6 Å². The highest BCUT2D eigenvalue weighted by atomic mass is 16.4. The maximum atomic E-state index is 12.4. The number of anilines is 1. The van der Waals surface area contributed by atoms with Crippen molar-refractivity contribution in [3.05, 3.63) is 82.6 Å². The molecule has 0 bridgehead atoms. The highest BCUT2D eigenvalue weighted by Gasteiger charge is 2.13. The van der Waals surface area contributed by atoms with E-state index in [1.165, 1.54) is 18.2 Å². The molecule has 6 heteroatoms. The van der Waals surface area contributed by atoms with Crippen molar-refractivity contribution in [1.82, 2.24) is 0 Å². The second-order valence-corrected chi connectivity index (χ2v) is 6.46. The molecule has 29 heavy (non-hydrogen) atoms. The number of nitriles is 1. The van der Waals surface area contributed by atoms with Crippen molar-refractivity contribution in [1.29, 1.82) is 5.26 Å².